The van der Waals surface area contributed by atoms with Crippen molar-refractivity contribution in [3.05, 3.63) is 42.1 Å². The summed E-state index contributed by atoms with van der Waals surface area (Å²) in [5.41, 5.74) is 0.439. The molecule has 0 spiro atoms. The number of benzene rings is 1. The summed E-state index contributed by atoms with van der Waals surface area (Å²) in [5.74, 6) is -0.192. The molecule has 3 rings (SSSR count). The Kier molecular flexibility index (Phi) is 4.99. The molecular formula is C19H23N3O3. The molecule has 2 heterocycles. The summed E-state index contributed by atoms with van der Waals surface area (Å²) in [5, 5.41) is 14.2. The second kappa shape index (κ2) is 7.19. The zero-order valence-electron chi connectivity index (χ0n) is 14.4. The van der Waals surface area contributed by atoms with Crippen LogP contribution in [0, 0.1) is 0 Å². The molecule has 1 aliphatic heterocycles. The van der Waals surface area contributed by atoms with Crippen molar-refractivity contribution in [2.45, 2.75) is 31.3 Å². The molecule has 0 bridgehead atoms. The van der Waals surface area contributed by atoms with Gasteiger partial charge in [-0.25, -0.2) is 0 Å². The summed E-state index contributed by atoms with van der Waals surface area (Å²) in [6.45, 7) is 0.875. The highest BCUT2D eigenvalue weighted by atomic mass is 16.3. The summed E-state index contributed by atoms with van der Waals surface area (Å²) in [7, 11) is 1.58. The van der Waals surface area contributed by atoms with Gasteiger partial charge in [-0.05, 0) is 43.5 Å². The molecule has 1 fully saturated rings. The van der Waals surface area contributed by atoms with Crippen molar-refractivity contribution in [3.8, 4) is 0 Å². The summed E-state index contributed by atoms with van der Waals surface area (Å²) in [6, 6.07) is 9.22. The molecule has 0 aliphatic carbocycles. The lowest BCUT2D eigenvalue weighted by atomic mass is 9.88. The summed E-state index contributed by atoms with van der Waals surface area (Å²) < 4.78 is 0. The SMILES string of the molecule is CNC(=O)CCC1(O)CCCN(C(=O)c2ccc3ncccc3c2)C1. The minimum Gasteiger partial charge on any atom is -0.388 e. The molecule has 2 amide bonds. The lowest BCUT2D eigenvalue weighted by molar-refractivity contribution is -0.122. The first-order chi connectivity index (χ1) is 12.0. The Morgan fingerprint density at radius 1 is 1.36 bits per heavy atom. The van der Waals surface area contributed by atoms with Gasteiger partial charge in [0.25, 0.3) is 5.91 Å². The molecule has 25 heavy (non-hydrogen) atoms. The largest absolute Gasteiger partial charge is 0.388 e. The van der Waals surface area contributed by atoms with Gasteiger partial charge in [0.2, 0.25) is 5.91 Å². The lowest BCUT2D eigenvalue weighted by Gasteiger charge is -2.39. The van der Waals surface area contributed by atoms with Gasteiger partial charge in [0, 0.05) is 43.7 Å². The number of pyridine rings is 1. The van der Waals surface area contributed by atoms with E-state index in [0.717, 1.165) is 17.3 Å². The Labute approximate surface area is 146 Å². The molecule has 1 unspecified atom stereocenters. The zero-order valence-corrected chi connectivity index (χ0v) is 14.4. The first-order valence-electron chi connectivity index (χ1n) is 8.58. The number of carbonyl (C=O) groups excluding carboxylic acids is 2. The number of piperidine rings is 1. The molecule has 2 aromatic rings. The Hall–Kier alpha value is -2.47. The molecule has 132 valence electrons. The zero-order chi connectivity index (χ0) is 17.9. The number of nitrogens with zero attached hydrogens (tertiary/aromatic N) is 2. The Bertz CT molecular complexity index is 792. The number of amides is 2. The van der Waals surface area contributed by atoms with Gasteiger partial charge in [0.1, 0.15) is 0 Å². The van der Waals surface area contributed by atoms with Crippen molar-refractivity contribution in [2.75, 3.05) is 20.1 Å². The Morgan fingerprint density at radius 3 is 3.00 bits per heavy atom. The third-order valence-corrected chi connectivity index (χ3v) is 4.79. The van der Waals surface area contributed by atoms with E-state index in [2.05, 4.69) is 10.3 Å². The average molecular weight is 341 g/mol. The van der Waals surface area contributed by atoms with Gasteiger partial charge in [-0.1, -0.05) is 6.07 Å². The van der Waals surface area contributed by atoms with Gasteiger partial charge < -0.3 is 15.3 Å². The highest BCUT2D eigenvalue weighted by Gasteiger charge is 2.35. The molecule has 0 saturated carbocycles. The van der Waals surface area contributed by atoms with Crippen LogP contribution >= 0.6 is 0 Å². The van der Waals surface area contributed by atoms with Gasteiger partial charge in [0.05, 0.1) is 11.1 Å². The van der Waals surface area contributed by atoms with Crippen LogP contribution in [0.3, 0.4) is 0 Å². The predicted molar refractivity (Wildman–Crippen MR) is 95.1 cm³/mol. The van der Waals surface area contributed by atoms with Crippen LogP contribution in [0.25, 0.3) is 10.9 Å². The number of fused-ring (bicyclic) bond motifs is 1. The number of hydrogen-bond donors (Lipinski definition) is 2. The van der Waals surface area contributed by atoms with E-state index in [1.54, 1.807) is 24.2 Å². The van der Waals surface area contributed by atoms with E-state index in [-0.39, 0.29) is 24.8 Å². The van der Waals surface area contributed by atoms with Crippen LogP contribution in [-0.2, 0) is 4.79 Å². The Morgan fingerprint density at radius 2 is 2.20 bits per heavy atom. The molecule has 2 N–H and O–H groups in total. The standard InChI is InChI=1S/C19H23N3O3/c1-20-17(23)7-9-19(25)8-3-11-22(13-19)18(24)15-5-6-16-14(12-15)4-2-10-21-16/h2,4-6,10,12,25H,3,7-9,11,13H2,1H3,(H,20,23). The number of aliphatic hydroxyl groups is 1. The molecule has 1 saturated heterocycles. The van der Waals surface area contributed by atoms with Gasteiger partial charge in [-0.15, -0.1) is 0 Å². The topological polar surface area (TPSA) is 82.5 Å². The first kappa shape index (κ1) is 17.4. The van der Waals surface area contributed by atoms with Crippen LogP contribution in [0.2, 0.25) is 0 Å². The molecule has 1 aromatic carbocycles. The van der Waals surface area contributed by atoms with Crippen molar-refractivity contribution in [2.24, 2.45) is 0 Å². The minimum absolute atomic E-state index is 0.0937. The Balaban J connectivity index is 1.73. The van der Waals surface area contributed by atoms with Crippen LogP contribution < -0.4 is 5.32 Å². The summed E-state index contributed by atoms with van der Waals surface area (Å²) in [4.78, 5) is 30.2. The lowest BCUT2D eigenvalue weighted by Crippen LogP contribution is -2.50. The van der Waals surface area contributed by atoms with Crippen molar-refractivity contribution in [1.29, 1.82) is 0 Å². The van der Waals surface area contributed by atoms with Crippen molar-refractivity contribution in [1.82, 2.24) is 15.2 Å². The number of likely N-dealkylation sites (tertiary alicyclic amines) is 1. The van der Waals surface area contributed by atoms with Crippen LogP contribution in [0.1, 0.15) is 36.0 Å². The van der Waals surface area contributed by atoms with Crippen LogP contribution in [0.5, 0.6) is 0 Å². The fourth-order valence-corrected chi connectivity index (χ4v) is 3.35. The number of hydrogen-bond acceptors (Lipinski definition) is 4. The van der Waals surface area contributed by atoms with Crippen LogP contribution in [-0.4, -0.2) is 52.5 Å². The van der Waals surface area contributed by atoms with E-state index in [0.29, 0.717) is 24.9 Å². The maximum absolute atomic E-state index is 12.8. The molecule has 6 nitrogen and oxygen atoms in total. The number of aromatic nitrogens is 1. The van der Waals surface area contributed by atoms with E-state index < -0.39 is 5.60 Å². The molecular weight excluding hydrogens is 318 g/mol. The smallest absolute Gasteiger partial charge is 0.253 e. The molecule has 1 aliphatic rings. The highest BCUT2D eigenvalue weighted by Crippen LogP contribution is 2.27. The molecule has 1 atom stereocenters. The fourth-order valence-electron chi connectivity index (χ4n) is 3.35. The van der Waals surface area contributed by atoms with E-state index in [1.807, 2.05) is 24.3 Å². The van der Waals surface area contributed by atoms with Gasteiger partial charge in [0.15, 0.2) is 0 Å². The third-order valence-electron chi connectivity index (χ3n) is 4.79. The van der Waals surface area contributed by atoms with Crippen LogP contribution in [0.4, 0.5) is 0 Å². The van der Waals surface area contributed by atoms with Crippen molar-refractivity contribution >= 4 is 22.7 Å². The quantitative estimate of drug-likeness (QED) is 0.887. The third kappa shape index (κ3) is 3.96. The second-order valence-electron chi connectivity index (χ2n) is 6.64. The number of nitrogens with one attached hydrogen (secondary N) is 1. The normalized spacial score (nSPS) is 20.5. The molecule has 1 aromatic heterocycles. The predicted octanol–water partition coefficient (Wildman–Crippen LogP) is 1.73. The van der Waals surface area contributed by atoms with Crippen molar-refractivity contribution < 1.29 is 14.7 Å². The van der Waals surface area contributed by atoms with E-state index >= 15 is 0 Å². The van der Waals surface area contributed by atoms with Crippen LogP contribution in [0.15, 0.2) is 36.5 Å². The fraction of sp³-hybridized carbons (Fsp3) is 0.421. The summed E-state index contributed by atoms with van der Waals surface area (Å²) >= 11 is 0. The average Bonchev–Trinajstić information content (AvgIpc) is 2.65. The molecule has 0 radical (unpaired) electrons. The van der Waals surface area contributed by atoms with E-state index in [9.17, 15) is 14.7 Å². The van der Waals surface area contributed by atoms with E-state index in [1.165, 1.54) is 0 Å². The van der Waals surface area contributed by atoms with Gasteiger partial charge in [-0.2, -0.15) is 0 Å². The first-order valence-corrected chi connectivity index (χ1v) is 8.58. The number of carbonyl (C=O) groups is 2. The monoisotopic (exact) mass is 341 g/mol. The second-order valence-corrected chi connectivity index (χ2v) is 6.64. The van der Waals surface area contributed by atoms with E-state index in [4.69, 9.17) is 0 Å². The maximum atomic E-state index is 12.8. The van der Waals surface area contributed by atoms with Gasteiger partial charge in [-0.3, -0.25) is 14.6 Å². The van der Waals surface area contributed by atoms with Crippen molar-refractivity contribution in [3.63, 3.8) is 0 Å². The van der Waals surface area contributed by atoms with Gasteiger partial charge >= 0.3 is 0 Å². The highest BCUT2D eigenvalue weighted by molar-refractivity contribution is 5.98. The number of rotatable bonds is 4. The summed E-state index contributed by atoms with van der Waals surface area (Å²) in [6.07, 6.45) is 3.68. The minimum atomic E-state index is -1.00. The number of β-amino-alcohol motifs (C(OH)–C–C–N with tert-alkyl or cyclic N) is 1. The molecule has 6 heteroatoms. The maximum Gasteiger partial charge on any atom is 0.253 e.